The van der Waals surface area contributed by atoms with Crippen LogP contribution in [0.25, 0.3) is 0 Å². The van der Waals surface area contributed by atoms with Crippen LogP contribution in [0, 0.1) is 17.3 Å². The first-order valence-electron chi connectivity index (χ1n) is 7.00. The van der Waals surface area contributed by atoms with E-state index >= 15 is 0 Å². The Labute approximate surface area is 119 Å². The number of carboxylic acid groups (broad SMARTS) is 1. The Kier molecular flexibility index (Phi) is 4.78. The summed E-state index contributed by atoms with van der Waals surface area (Å²) in [6.45, 7) is 10.1. The van der Waals surface area contributed by atoms with Crippen LogP contribution in [0.15, 0.2) is 0 Å². The lowest BCUT2D eigenvalue weighted by Crippen LogP contribution is -2.47. The molecule has 0 heterocycles. The quantitative estimate of drug-likeness (QED) is 0.752. The van der Waals surface area contributed by atoms with Crippen molar-refractivity contribution in [2.75, 3.05) is 13.1 Å². The fraction of sp³-hybridized carbons (Fsp3) is 0.786. The van der Waals surface area contributed by atoms with Crippen LogP contribution in [0.2, 0.25) is 0 Å². The minimum absolute atomic E-state index is 0.145. The number of nitrogens with one attached hydrogen (secondary N) is 1. The molecule has 0 aromatic carbocycles. The molecule has 2 amide bonds. The topological polar surface area (TPSA) is 86.7 Å². The number of carboxylic acids is 1. The highest BCUT2D eigenvalue weighted by Crippen LogP contribution is 2.58. The number of aliphatic carboxylic acids is 1. The maximum atomic E-state index is 12.1. The van der Waals surface area contributed by atoms with E-state index in [1.54, 1.807) is 25.7 Å². The monoisotopic (exact) mass is 284 g/mol. The summed E-state index contributed by atoms with van der Waals surface area (Å²) < 4.78 is 0. The van der Waals surface area contributed by atoms with E-state index in [0.29, 0.717) is 13.1 Å². The predicted octanol–water partition coefficient (Wildman–Crippen LogP) is 0.716. The predicted molar refractivity (Wildman–Crippen MR) is 73.9 cm³/mol. The van der Waals surface area contributed by atoms with Crippen LogP contribution in [0.1, 0.15) is 34.6 Å². The molecule has 2 N–H and O–H groups in total. The Morgan fingerprint density at radius 2 is 1.70 bits per heavy atom. The molecular weight excluding hydrogens is 260 g/mol. The van der Waals surface area contributed by atoms with Gasteiger partial charge in [-0.25, -0.2) is 0 Å². The molecule has 0 radical (unpaired) electrons. The van der Waals surface area contributed by atoms with Crippen LogP contribution in [0.3, 0.4) is 0 Å². The van der Waals surface area contributed by atoms with Gasteiger partial charge in [0, 0.05) is 13.1 Å². The van der Waals surface area contributed by atoms with Crippen LogP contribution in [-0.4, -0.2) is 46.9 Å². The number of hydrogen-bond acceptors (Lipinski definition) is 3. The van der Waals surface area contributed by atoms with Crippen molar-refractivity contribution in [1.82, 2.24) is 10.2 Å². The SMILES string of the molecule is CCN(CC)C(=O)C(C)NC(=O)C1C(C(=O)O)C1(C)C. The lowest BCUT2D eigenvalue weighted by molar-refractivity contribution is -0.140. The molecule has 1 aliphatic carbocycles. The molecule has 0 bridgehead atoms. The normalized spacial score (nSPS) is 24.6. The van der Waals surface area contributed by atoms with Gasteiger partial charge in [-0.3, -0.25) is 14.4 Å². The fourth-order valence-corrected chi connectivity index (χ4v) is 2.76. The first-order valence-corrected chi connectivity index (χ1v) is 7.00. The maximum absolute atomic E-state index is 12.1. The number of rotatable bonds is 6. The smallest absolute Gasteiger partial charge is 0.307 e. The molecule has 3 unspecified atom stereocenters. The van der Waals surface area contributed by atoms with Gasteiger partial charge in [0.25, 0.3) is 0 Å². The minimum atomic E-state index is -0.960. The van der Waals surface area contributed by atoms with Gasteiger partial charge in [-0.05, 0) is 26.2 Å². The minimum Gasteiger partial charge on any atom is -0.481 e. The molecule has 0 spiro atoms. The molecule has 20 heavy (non-hydrogen) atoms. The van der Waals surface area contributed by atoms with Gasteiger partial charge in [0.05, 0.1) is 11.8 Å². The zero-order chi connectivity index (χ0) is 15.7. The largest absolute Gasteiger partial charge is 0.481 e. The molecule has 1 aliphatic rings. The van der Waals surface area contributed by atoms with Crippen molar-refractivity contribution in [3.63, 3.8) is 0 Å². The molecule has 1 saturated carbocycles. The van der Waals surface area contributed by atoms with Crippen molar-refractivity contribution in [2.24, 2.45) is 17.3 Å². The van der Waals surface area contributed by atoms with Crippen LogP contribution < -0.4 is 5.32 Å². The number of carbonyl (C=O) groups excluding carboxylic acids is 2. The molecule has 0 aromatic heterocycles. The van der Waals surface area contributed by atoms with E-state index in [1.165, 1.54) is 0 Å². The van der Waals surface area contributed by atoms with Gasteiger partial charge in [-0.2, -0.15) is 0 Å². The van der Waals surface area contributed by atoms with Gasteiger partial charge < -0.3 is 15.3 Å². The summed E-state index contributed by atoms with van der Waals surface area (Å²) in [6, 6.07) is -0.631. The molecule has 0 aliphatic heterocycles. The molecule has 1 rings (SSSR count). The second kappa shape index (κ2) is 5.81. The van der Waals surface area contributed by atoms with E-state index in [2.05, 4.69) is 5.32 Å². The molecule has 114 valence electrons. The van der Waals surface area contributed by atoms with Crippen molar-refractivity contribution in [1.29, 1.82) is 0 Å². The third-order valence-corrected chi connectivity index (χ3v) is 4.18. The lowest BCUT2D eigenvalue weighted by Gasteiger charge is -2.23. The molecule has 1 fully saturated rings. The number of amides is 2. The van der Waals surface area contributed by atoms with Crippen molar-refractivity contribution in [3.8, 4) is 0 Å². The number of hydrogen-bond donors (Lipinski definition) is 2. The number of nitrogens with zero attached hydrogens (tertiary/aromatic N) is 1. The van der Waals surface area contributed by atoms with Crippen molar-refractivity contribution < 1.29 is 19.5 Å². The van der Waals surface area contributed by atoms with Crippen molar-refractivity contribution in [3.05, 3.63) is 0 Å². The molecule has 0 aromatic rings. The van der Waals surface area contributed by atoms with Gasteiger partial charge in [0.2, 0.25) is 11.8 Å². The molecular formula is C14H24N2O4. The number of likely N-dealkylation sites (N-methyl/N-ethyl adjacent to an activating group) is 1. The molecule has 6 nitrogen and oxygen atoms in total. The van der Waals surface area contributed by atoms with E-state index in [0.717, 1.165) is 0 Å². The third-order valence-electron chi connectivity index (χ3n) is 4.18. The second-order valence-electron chi connectivity index (χ2n) is 5.86. The van der Waals surface area contributed by atoms with Gasteiger partial charge >= 0.3 is 5.97 Å². The molecule has 0 saturated heterocycles. The summed E-state index contributed by atoms with van der Waals surface area (Å²) in [4.78, 5) is 36.9. The summed E-state index contributed by atoms with van der Waals surface area (Å²) in [5.74, 6) is -2.69. The first-order chi connectivity index (χ1) is 9.18. The standard InChI is InChI=1S/C14H24N2O4/c1-6-16(7-2)12(18)8(3)15-11(17)9-10(13(19)20)14(9,4)5/h8-10H,6-7H2,1-5H3,(H,15,17)(H,19,20). The molecule has 6 heteroatoms. The summed E-state index contributed by atoms with van der Waals surface area (Å²) >= 11 is 0. The van der Waals surface area contributed by atoms with Crippen LogP contribution >= 0.6 is 0 Å². The summed E-state index contributed by atoms with van der Waals surface area (Å²) in [6.07, 6.45) is 0. The Balaban J connectivity index is 2.64. The highest BCUT2D eigenvalue weighted by Gasteiger charge is 2.66. The van der Waals surface area contributed by atoms with E-state index in [4.69, 9.17) is 5.11 Å². The van der Waals surface area contributed by atoms with Gasteiger partial charge in [-0.15, -0.1) is 0 Å². The second-order valence-corrected chi connectivity index (χ2v) is 5.86. The Morgan fingerprint density at radius 3 is 2.05 bits per heavy atom. The average molecular weight is 284 g/mol. The highest BCUT2D eigenvalue weighted by atomic mass is 16.4. The Morgan fingerprint density at radius 1 is 1.20 bits per heavy atom. The van der Waals surface area contributed by atoms with Crippen molar-refractivity contribution >= 4 is 17.8 Å². The van der Waals surface area contributed by atoms with E-state index in [1.807, 2.05) is 13.8 Å². The van der Waals surface area contributed by atoms with E-state index in [9.17, 15) is 14.4 Å². The Hall–Kier alpha value is -1.59. The first kappa shape index (κ1) is 16.5. The maximum Gasteiger partial charge on any atom is 0.307 e. The summed E-state index contributed by atoms with van der Waals surface area (Å²) in [5.41, 5.74) is -0.548. The average Bonchev–Trinajstić information content (AvgIpc) is 2.93. The summed E-state index contributed by atoms with van der Waals surface area (Å²) in [7, 11) is 0. The van der Waals surface area contributed by atoms with Gasteiger partial charge in [0.15, 0.2) is 0 Å². The fourth-order valence-electron chi connectivity index (χ4n) is 2.76. The van der Waals surface area contributed by atoms with Crippen LogP contribution in [0.5, 0.6) is 0 Å². The van der Waals surface area contributed by atoms with Gasteiger partial charge in [-0.1, -0.05) is 13.8 Å². The lowest BCUT2D eigenvalue weighted by atomic mass is 10.1. The van der Waals surface area contributed by atoms with E-state index < -0.39 is 29.3 Å². The van der Waals surface area contributed by atoms with E-state index in [-0.39, 0.29) is 11.8 Å². The van der Waals surface area contributed by atoms with Crippen molar-refractivity contribution in [2.45, 2.75) is 40.7 Å². The zero-order valence-electron chi connectivity index (χ0n) is 12.8. The molecule has 3 atom stereocenters. The summed E-state index contributed by atoms with van der Waals surface area (Å²) in [5, 5.41) is 11.7. The Bertz CT molecular complexity index is 415. The third kappa shape index (κ3) is 2.94. The zero-order valence-corrected chi connectivity index (χ0v) is 12.8. The number of carbonyl (C=O) groups is 3. The van der Waals surface area contributed by atoms with Crippen LogP contribution in [-0.2, 0) is 14.4 Å². The van der Waals surface area contributed by atoms with Gasteiger partial charge in [0.1, 0.15) is 6.04 Å². The highest BCUT2D eigenvalue weighted by molar-refractivity contribution is 5.94. The van der Waals surface area contributed by atoms with Crippen LogP contribution in [0.4, 0.5) is 0 Å².